The van der Waals surface area contributed by atoms with Crippen molar-refractivity contribution >= 4 is 35.2 Å². The molecule has 1 N–H and O–H groups in total. The fourth-order valence-corrected chi connectivity index (χ4v) is 2.62. The summed E-state index contributed by atoms with van der Waals surface area (Å²) in [6.45, 7) is -0.204. The molecule has 1 aliphatic rings. The van der Waals surface area contributed by atoms with Gasteiger partial charge in [0, 0.05) is 16.0 Å². The maximum Gasteiger partial charge on any atom is 0.323 e. The Hall–Kier alpha value is -1.20. The van der Waals surface area contributed by atoms with Gasteiger partial charge in [-0.2, -0.15) is 0 Å². The zero-order valence-electron chi connectivity index (χ0n) is 10.2. The molecule has 102 valence electrons. The lowest BCUT2D eigenvalue weighted by Gasteiger charge is -2.19. The minimum absolute atomic E-state index is 0.120. The number of benzene rings is 1. The van der Waals surface area contributed by atoms with Crippen LogP contribution in [0.3, 0.4) is 0 Å². The first-order valence-electron chi connectivity index (χ1n) is 5.96. The van der Waals surface area contributed by atoms with E-state index in [0.717, 1.165) is 17.7 Å². The summed E-state index contributed by atoms with van der Waals surface area (Å²) >= 11 is 7.18. The molecule has 0 unspecified atom stereocenters. The smallest absolute Gasteiger partial charge is 0.323 e. The van der Waals surface area contributed by atoms with Gasteiger partial charge in [-0.05, 0) is 37.1 Å². The van der Waals surface area contributed by atoms with Crippen molar-refractivity contribution in [1.29, 1.82) is 0 Å². The topological polar surface area (TPSA) is 57.6 Å². The average Bonchev–Trinajstić information content (AvgIpc) is 3.19. The van der Waals surface area contributed by atoms with Crippen molar-refractivity contribution < 1.29 is 14.7 Å². The van der Waals surface area contributed by atoms with Crippen molar-refractivity contribution in [2.24, 2.45) is 0 Å². The Morgan fingerprint density at radius 3 is 2.47 bits per heavy atom. The van der Waals surface area contributed by atoms with E-state index in [1.54, 1.807) is 12.1 Å². The second-order valence-electron chi connectivity index (χ2n) is 4.39. The van der Waals surface area contributed by atoms with E-state index in [-0.39, 0.29) is 24.2 Å². The molecule has 0 atom stereocenters. The molecule has 1 aromatic rings. The highest BCUT2D eigenvalue weighted by atomic mass is 35.5. The van der Waals surface area contributed by atoms with Crippen LogP contribution in [0.5, 0.6) is 0 Å². The summed E-state index contributed by atoms with van der Waals surface area (Å²) in [4.78, 5) is 25.2. The summed E-state index contributed by atoms with van der Waals surface area (Å²) in [5, 5.41) is 9.46. The monoisotopic (exact) mass is 299 g/mol. The number of carboxylic acid groups (broad SMARTS) is 1. The van der Waals surface area contributed by atoms with Crippen LogP contribution in [0.1, 0.15) is 12.8 Å². The second kappa shape index (κ2) is 6.30. The first-order valence-corrected chi connectivity index (χ1v) is 7.32. The Bertz CT molecular complexity index is 473. The summed E-state index contributed by atoms with van der Waals surface area (Å²) in [5.74, 6) is -0.826. The van der Waals surface area contributed by atoms with Crippen LogP contribution in [0.25, 0.3) is 0 Å². The molecule has 0 radical (unpaired) electrons. The third-order valence-electron chi connectivity index (χ3n) is 2.79. The molecule has 1 saturated carbocycles. The molecule has 1 aromatic carbocycles. The van der Waals surface area contributed by atoms with Crippen LogP contribution in [0.2, 0.25) is 5.02 Å². The van der Waals surface area contributed by atoms with Crippen LogP contribution in [-0.4, -0.2) is 40.2 Å². The number of amides is 1. The number of halogens is 1. The number of hydrogen-bond donors (Lipinski definition) is 1. The standard InChI is InChI=1S/C13H14ClNO3S/c14-9-1-5-11(6-2-9)19-8-12(16)15(7-13(17)18)10-3-4-10/h1-2,5-6,10H,3-4,7-8H2,(H,17,18). The summed E-state index contributed by atoms with van der Waals surface area (Å²) in [6.07, 6.45) is 1.81. The summed E-state index contributed by atoms with van der Waals surface area (Å²) < 4.78 is 0. The lowest BCUT2D eigenvalue weighted by molar-refractivity contribution is -0.143. The van der Waals surface area contributed by atoms with E-state index in [0.29, 0.717) is 5.02 Å². The van der Waals surface area contributed by atoms with Crippen LogP contribution < -0.4 is 0 Å². The Balaban J connectivity index is 1.88. The molecule has 4 nitrogen and oxygen atoms in total. The Kier molecular flexibility index (Phi) is 4.71. The van der Waals surface area contributed by atoms with Gasteiger partial charge < -0.3 is 10.0 Å². The molecule has 2 rings (SSSR count). The number of carboxylic acids is 1. The van der Waals surface area contributed by atoms with E-state index < -0.39 is 5.97 Å². The molecule has 0 aliphatic heterocycles. The van der Waals surface area contributed by atoms with Crippen LogP contribution >= 0.6 is 23.4 Å². The molecule has 0 bridgehead atoms. The number of rotatable bonds is 6. The fourth-order valence-electron chi connectivity index (χ4n) is 1.71. The minimum Gasteiger partial charge on any atom is -0.480 e. The summed E-state index contributed by atoms with van der Waals surface area (Å²) in [5.41, 5.74) is 0. The van der Waals surface area contributed by atoms with E-state index in [4.69, 9.17) is 16.7 Å². The Morgan fingerprint density at radius 2 is 1.95 bits per heavy atom. The lowest BCUT2D eigenvalue weighted by Crippen LogP contribution is -2.38. The fraction of sp³-hybridized carbons (Fsp3) is 0.385. The van der Waals surface area contributed by atoms with Crippen molar-refractivity contribution in [1.82, 2.24) is 4.90 Å². The van der Waals surface area contributed by atoms with Gasteiger partial charge in [0.15, 0.2) is 0 Å². The summed E-state index contributed by atoms with van der Waals surface area (Å²) in [7, 11) is 0. The lowest BCUT2D eigenvalue weighted by atomic mass is 10.4. The first kappa shape index (κ1) is 14.2. The van der Waals surface area contributed by atoms with E-state index in [2.05, 4.69) is 0 Å². The van der Waals surface area contributed by atoms with Crippen LogP contribution in [0, 0.1) is 0 Å². The Morgan fingerprint density at radius 1 is 1.32 bits per heavy atom. The van der Waals surface area contributed by atoms with Gasteiger partial charge in [0.2, 0.25) is 5.91 Å². The van der Waals surface area contributed by atoms with E-state index >= 15 is 0 Å². The van der Waals surface area contributed by atoms with Crippen molar-refractivity contribution in [3.63, 3.8) is 0 Å². The van der Waals surface area contributed by atoms with Crippen LogP contribution in [-0.2, 0) is 9.59 Å². The molecular formula is C13H14ClNO3S. The molecule has 1 amide bonds. The molecule has 1 aliphatic carbocycles. The molecule has 0 saturated heterocycles. The number of carbonyl (C=O) groups excluding carboxylic acids is 1. The van der Waals surface area contributed by atoms with Crippen molar-refractivity contribution in [2.45, 2.75) is 23.8 Å². The predicted molar refractivity (Wildman–Crippen MR) is 74.5 cm³/mol. The molecular weight excluding hydrogens is 286 g/mol. The highest BCUT2D eigenvalue weighted by Crippen LogP contribution is 2.28. The number of hydrogen-bond acceptors (Lipinski definition) is 3. The molecule has 1 fully saturated rings. The largest absolute Gasteiger partial charge is 0.480 e. The Labute approximate surface area is 120 Å². The molecule has 6 heteroatoms. The highest BCUT2D eigenvalue weighted by molar-refractivity contribution is 8.00. The van der Waals surface area contributed by atoms with E-state index in [1.807, 2.05) is 12.1 Å². The predicted octanol–water partition coefficient (Wildman–Crippen LogP) is 2.51. The van der Waals surface area contributed by atoms with Crippen molar-refractivity contribution in [3.8, 4) is 0 Å². The SMILES string of the molecule is O=C(O)CN(C(=O)CSc1ccc(Cl)cc1)C1CC1. The van der Waals surface area contributed by atoms with E-state index in [1.165, 1.54) is 16.7 Å². The van der Waals surface area contributed by atoms with Crippen LogP contribution in [0.15, 0.2) is 29.2 Å². The number of aliphatic carboxylic acids is 1. The van der Waals surface area contributed by atoms with Gasteiger partial charge in [-0.25, -0.2) is 0 Å². The zero-order chi connectivity index (χ0) is 13.8. The summed E-state index contributed by atoms with van der Waals surface area (Å²) in [6, 6.07) is 7.35. The van der Waals surface area contributed by atoms with Crippen molar-refractivity contribution in [2.75, 3.05) is 12.3 Å². The average molecular weight is 300 g/mol. The van der Waals surface area contributed by atoms with Gasteiger partial charge in [-0.3, -0.25) is 9.59 Å². The second-order valence-corrected chi connectivity index (χ2v) is 5.87. The zero-order valence-corrected chi connectivity index (χ0v) is 11.8. The van der Waals surface area contributed by atoms with Gasteiger partial charge in [-0.1, -0.05) is 11.6 Å². The van der Waals surface area contributed by atoms with Crippen molar-refractivity contribution in [3.05, 3.63) is 29.3 Å². The number of carbonyl (C=O) groups is 2. The molecule has 19 heavy (non-hydrogen) atoms. The van der Waals surface area contributed by atoms with Crippen LogP contribution in [0.4, 0.5) is 0 Å². The number of nitrogens with zero attached hydrogens (tertiary/aromatic N) is 1. The highest BCUT2D eigenvalue weighted by Gasteiger charge is 2.33. The maximum atomic E-state index is 12.0. The molecule has 0 aromatic heterocycles. The van der Waals surface area contributed by atoms with Gasteiger partial charge in [-0.15, -0.1) is 11.8 Å². The van der Waals surface area contributed by atoms with Gasteiger partial charge in [0.1, 0.15) is 6.54 Å². The molecule has 0 heterocycles. The maximum absolute atomic E-state index is 12.0. The normalized spacial score (nSPS) is 14.2. The number of thioether (sulfide) groups is 1. The van der Waals surface area contributed by atoms with E-state index in [9.17, 15) is 9.59 Å². The van der Waals surface area contributed by atoms with Gasteiger partial charge in [0.25, 0.3) is 0 Å². The third-order valence-corrected chi connectivity index (χ3v) is 4.04. The minimum atomic E-state index is -0.961. The van der Waals surface area contributed by atoms with Gasteiger partial charge in [0.05, 0.1) is 5.75 Å². The third kappa shape index (κ3) is 4.44. The van der Waals surface area contributed by atoms with Gasteiger partial charge >= 0.3 is 5.97 Å². The first-order chi connectivity index (χ1) is 9.06. The molecule has 0 spiro atoms. The quantitative estimate of drug-likeness (QED) is 0.820.